The molecule has 0 saturated heterocycles. The number of ether oxygens (including phenoxy) is 2. The minimum Gasteiger partial charge on any atom is -0.383 e. The van der Waals surface area contributed by atoms with E-state index in [0.717, 1.165) is 30.5 Å². The maximum atomic E-state index is 12.8. The summed E-state index contributed by atoms with van der Waals surface area (Å²) in [5, 5.41) is 7.28. The summed E-state index contributed by atoms with van der Waals surface area (Å²) in [4.78, 5) is 14.7. The largest absolute Gasteiger partial charge is 0.383 e. The third-order valence-electron chi connectivity index (χ3n) is 4.22. The normalized spacial score (nSPS) is 24.7. The highest BCUT2D eigenvalue weighted by molar-refractivity contribution is 5.94. The summed E-state index contributed by atoms with van der Waals surface area (Å²) in [6.45, 7) is 5.21. The maximum Gasteiger partial charge on any atom is 0.274 e. The predicted octanol–water partition coefficient (Wildman–Crippen LogP) is 1.68. The highest BCUT2D eigenvalue weighted by Crippen LogP contribution is 2.33. The lowest BCUT2D eigenvalue weighted by Gasteiger charge is -2.26. The zero-order valence-electron chi connectivity index (χ0n) is 12.9. The van der Waals surface area contributed by atoms with Gasteiger partial charge in [0.25, 0.3) is 5.91 Å². The van der Waals surface area contributed by atoms with Crippen LogP contribution in [-0.4, -0.2) is 53.4 Å². The summed E-state index contributed by atoms with van der Waals surface area (Å²) in [5.41, 5.74) is 2.53. The molecule has 2 heterocycles. The fraction of sp³-hybridized carbons (Fsp3) is 0.733. The van der Waals surface area contributed by atoms with E-state index in [0.29, 0.717) is 24.9 Å². The number of carbonyl (C=O) groups excluding carboxylic acids is 1. The van der Waals surface area contributed by atoms with Crippen molar-refractivity contribution >= 4 is 5.91 Å². The number of hydrogen-bond donors (Lipinski definition) is 1. The fourth-order valence-corrected chi connectivity index (χ4v) is 3.01. The molecule has 0 unspecified atom stereocenters. The van der Waals surface area contributed by atoms with Crippen LogP contribution in [0.15, 0.2) is 0 Å². The van der Waals surface area contributed by atoms with Crippen LogP contribution >= 0.6 is 0 Å². The van der Waals surface area contributed by atoms with Crippen LogP contribution in [0.5, 0.6) is 0 Å². The lowest BCUT2D eigenvalue weighted by molar-refractivity contribution is -0.00703. The molecule has 0 bridgehead atoms. The van der Waals surface area contributed by atoms with Crippen LogP contribution in [0.3, 0.4) is 0 Å². The Morgan fingerprint density at radius 1 is 1.48 bits per heavy atom. The van der Waals surface area contributed by atoms with Crippen LogP contribution in [0.2, 0.25) is 0 Å². The van der Waals surface area contributed by atoms with Gasteiger partial charge in [-0.15, -0.1) is 0 Å². The molecule has 1 saturated carbocycles. The molecule has 21 heavy (non-hydrogen) atoms. The van der Waals surface area contributed by atoms with Gasteiger partial charge in [-0.3, -0.25) is 9.89 Å². The highest BCUT2D eigenvalue weighted by atomic mass is 16.5. The number of H-pyrrole nitrogens is 1. The minimum atomic E-state index is -0.0360. The van der Waals surface area contributed by atoms with Crippen molar-refractivity contribution in [2.75, 3.05) is 20.3 Å². The van der Waals surface area contributed by atoms with Crippen LogP contribution in [0.4, 0.5) is 0 Å². The van der Waals surface area contributed by atoms with E-state index in [9.17, 15) is 4.79 Å². The number of nitrogens with zero attached hydrogens (tertiary/aromatic N) is 2. The molecule has 116 valence electrons. The molecule has 1 aliphatic carbocycles. The van der Waals surface area contributed by atoms with Crippen molar-refractivity contribution in [1.82, 2.24) is 15.1 Å². The minimum absolute atomic E-state index is 0.0216. The average Bonchev–Trinajstić information content (AvgIpc) is 3.18. The van der Waals surface area contributed by atoms with Gasteiger partial charge in [-0.1, -0.05) is 0 Å². The number of rotatable bonds is 5. The van der Waals surface area contributed by atoms with Crippen LogP contribution in [-0.2, 0) is 15.9 Å². The molecule has 2 aliphatic rings. The molecule has 1 aromatic heterocycles. The van der Waals surface area contributed by atoms with Gasteiger partial charge in [0.1, 0.15) is 0 Å². The second kappa shape index (κ2) is 5.77. The molecule has 0 radical (unpaired) electrons. The van der Waals surface area contributed by atoms with Crippen LogP contribution < -0.4 is 0 Å². The maximum absolute atomic E-state index is 12.8. The van der Waals surface area contributed by atoms with Crippen molar-refractivity contribution in [3.05, 3.63) is 17.0 Å². The summed E-state index contributed by atoms with van der Waals surface area (Å²) < 4.78 is 10.9. The van der Waals surface area contributed by atoms with Gasteiger partial charge in [0.15, 0.2) is 5.69 Å². The number of amides is 1. The van der Waals surface area contributed by atoms with E-state index >= 15 is 0 Å². The lowest BCUT2D eigenvalue weighted by Crippen LogP contribution is -2.37. The number of fused-ring (bicyclic) bond motifs is 1. The summed E-state index contributed by atoms with van der Waals surface area (Å²) in [7, 11) is 1.66. The topological polar surface area (TPSA) is 67.5 Å². The van der Waals surface area contributed by atoms with E-state index in [1.165, 1.54) is 0 Å². The van der Waals surface area contributed by atoms with Gasteiger partial charge in [-0.25, -0.2) is 0 Å². The van der Waals surface area contributed by atoms with Gasteiger partial charge in [0, 0.05) is 31.7 Å². The monoisotopic (exact) mass is 293 g/mol. The van der Waals surface area contributed by atoms with Crippen molar-refractivity contribution < 1.29 is 14.3 Å². The Kier molecular flexibility index (Phi) is 3.99. The van der Waals surface area contributed by atoms with Crippen molar-refractivity contribution in [2.45, 2.75) is 51.4 Å². The highest BCUT2D eigenvalue weighted by Gasteiger charge is 2.37. The molecule has 1 fully saturated rings. The smallest absolute Gasteiger partial charge is 0.274 e. The first kappa shape index (κ1) is 14.5. The van der Waals surface area contributed by atoms with E-state index in [1.807, 2.05) is 18.7 Å². The second-order valence-corrected chi connectivity index (χ2v) is 5.98. The number of nitrogens with one attached hydrogen (secondary N) is 1. The van der Waals surface area contributed by atoms with Crippen molar-refractivity contribution in [3.63, 3.8) is 0 Å². The Morgan fingerprint density at radius 2 is 2.24 bits per heavy atom. The number of hydrogen-bond acceptors (Lipinski definition) is 4. The number of methoxy groups -OCH3 is 1. The molecule has 0 spiro atoms. The van der Waals surface area contributed by atoms with Gasteiger partial charge in [0.2, 0.25) is 0 Å². The third-order valence-corrected chi connectivity index (χ3v) is 4.22. The predicted molar refractivity (Wildman–Crippen MR) is 77.2 cm³/mol. The van der Waals surface area contributed by atoms with Gasteiger partial charge in [-0.05, 0) is 26.7 Å². The van der Waals surface area contributed by atoms with Gasteiger partial charge in [-0.2, -0.15) is 5.10 Å². The second-order valence-electron chi connectivity index (χ2n) is 5.98. The first-order valence-corrected chi connectivity index (χ1v) is 7.64. The fourth-order valence-electron chi connectivity index (χ4n) is 3.01. The molecular formula is C15H23N3O3. The van der Waals surface area contributed by atoms with Crippen molar-refractivity contribution in [1.29, 1.82) is 0 Å². The van der Waals surface area contributed by atoms with E-state index in [-0.39, 0.29) is 18.1 Å². The zero-order valence-corrected chi connectivity index (χ0v) is 12.9. The molecular weight excluding hydrogens is 270 g/mol. The van der Waals surface area contributed by atoms with Crippen LogP contribution in [0.25, 0.3) is 0 Å². The van der Waals surface area contributed by atoms with Crippen LogP contribution in [0, 0.1) is 0 Å². The summed E-state index contributed by atoms with van der Waals surface area (Å²) in [6.07, 6.45) is 2.98. The van der Waals surface area contributed by atoms with Gasteiger partial charge < -0.3 is 14.4 Å². The molecule has 2 atom stereocenters. The number of carbonyl (C=O) groups is 1. The molecule has 6 nitrogen and oxygen atoms in total. The number of aromatic nitrogens is 2. The first-order chi connectivity index (χ1) is 10.1. The van der Waals surface area contributed by atoms with Gasteiger partial charge >= 0.3 is 0 Å². The lowest BCUT2D eigenvalue weighted by atomic mass is 9.99. The van der Waals surface area contributed by atoms with Crippen LogP contribution in [0.1, 0.15) is 54.5 Å². The molecule has 1 aliphatic heterocycles. The summed E-state index contributed by atoms with van der Waals surface area (Å²) >= 11 is 0. The molecule has 3 rings (SSSR count). The standard InChI is InChI=1S/C15H23N3O3/c1-9-8-12-13(10(2)21-9)16-17-14(12)15(19)18(6-7-20-3)11-4-5-11/h9-11H,4-8H2,1-3H3,(H,16,17)/t9-,10+/m0/s1. The SMILES string of the molecule is COCCN(C(=O)c1n[nH]c2c1C[C@H](C)O[C@@H]2C)C1CC1. The Balaban J connectivity index is 1.84. The third kappa shape index (κ3) is 2.82. The first-order valence-electron chi connectivity index (χ1n) is 7.64. The molecule has 0 aromatic carbocycles. The van der Waals surface area contributed by atoms with Crippen molar-refractivity contribution in [2.24, 2.45) is 0 Å². The molecule has 6 heteroatoms. The average molecular weight is 293 g/mol. The molecule has 1 aromatic rings. The van der Waals surface area contributed by atoms with E-state index < -0.39 is 0 Å². The summed E-state index contributed by atoms with van der Waals surface area (Å²) in [5.74, 6) is 0.0216. The molecule has 1 N–H and O–H groups in total. The number of aromatic amines is 1. The quantitative estimate of drug-likeness (QED) is 0.897. The Bertz CT molecular complexity index is 524. The Morgan fingerprint density at radius 3 is 2.90 bits per heavy atom. The Hall–Kier alpha value is -1.40. The summed E-state index contributed by atoms with van der Waals surface area (Å²) in [6, 6.07) is 0.356. The zero-order chi connectivity index (χ0) is 15.0. The van der Waals surface area contributed by atoms with Crippen molar-refractivity contribution in [3.8, 4) is 0 Å². The van der Waals surface area contributed by atoms with E-state index in [1.54, 1.807) is 7.11 Å². The molecule has 1 amide bonds. The van der Waals surface area contributed by atoms with E-state index in [4.69, 9.17) is 9.47 Å². The van der Waals surface area contributed by atoms with Gasteiger partial charge in [0.05, 0.1) is 24.5 Å². The Labute approximate surface area is 124 Å². The van der Waals surface area contributed by atoms with E-state index in [2.05, 4.69) is 10.2 Å².